The number of carbonyl (C=O) groups is 1. The van der Waals surface area contributed by atoms with Crippen LogP contribution in [0.1, 0.15) is 23.2 Å². The molecule has 1 aromatic carbocycles. The standard InChI is InChI=1S/C13H18N2O2/c1-17-11-5-3-2-4-10(11)12(16)15-9-13(8-14)6-7-13/h2-5H,6-9,14H2,1H3,(H,15,16). The summed E-state index contributed by atoms with van der Waals surface area (Å²) in [6.45, 7) is 1.29. The minimum absolute atomic E-state index is 0.0952. The zero-order chi connectivity index (χ0) is 12.3. The van der Waals surface area contributed by atoms with Gasteiger partial charge in [0, 0.05) is 12.0 Å². The molecule has 1 saturated carbocycles. The number of hydrogen-bond donors (Lipinski definition) is 2. The number of amides is 1. The summed E-state index contributed by atoms with van der Waals surface area (Å²) >= 11 is 0. The molecule has 1 aromatic rings. The highest BCUT2D eigenvalue weighted by atomic mass is 16.5. The van der Waals surface area contributed by atoms with Gasteiger partial charge in [0.25, 0.3) is 5.91 Å². The molecule has 1 aliphatic carbocycles. The minimum atomic E-state index is -0.0952. The molecule has 0 unspecified atom stereocenters. The first-order valence-electron chi connectivity index (χ1n) is 5.82. The summed E-state index contributed by atoms with van der Waals surface area (Å²) < 4.78 is 5.15. The van der Waals surface area contributed by atoms with E-state index in [9.17, 15) is 4.79 Å². The molecule has 92 valence electrons. The van der Waals surface area contributed by atoms with Crippen molar-refractivity contribution in [1.82, 2.24) is 5.32 Å². The lowest BCUT2D eigenvalue weighted by molar-refractivity contribution is 0.0942. The molecule has 0 saturated heterocycles. The first kappa shape index (κ1) is 11.9. The van der Waals surface area contributed by atoms with E-state index in [-0.39, 0.29) is 11.3 Å². The van der Waals surface area contributed by atoms with Gasteiger partial charge in [0.15, 0.2) is 0 Å². The third-order valence-corrected chi connectivity index (χ3v) is 3.37. The van der Waals surface area contributed by atoms with Gasteiger partial charge in [0.1, 0.15) is 5.75 Å². The first-order valence-corrected chi connectivity index (χ1v) is 5.82. The molecule has 0 aliphatic heterocycles. The molecule has 4 heteroatoms. The molecule has 0 bridgehead atoms. The Bertz CT molecular complexity index is 414. The number of benzene rings is 1. The third-order valence-electron chi connectivity index (χ3n) is 3.37. The van der Waals surface area contributed by atoms with Gasteiger partial charge in [-0.25, -0.2) is 0 Å². The number of nitrogens with one attached hydrogen (secondary N) is 1. The van der Waals surface area contributed by atoms with Crippen LogP contribution in [0.15, 0.2) is 24.3 Å². The van der Waals surface area contributed by atoms with Crippen LogP contribution in [0.5, 0.6) is 5.75 Å². The fourth-order valence-corrected chi connectivity index (χ4v) is 1.83. The van der Waals surface area contributed by atoms with Gasteiger partial charge in [-0.05, 0) is 31.5 Å². The van der Waals surface area contributed by atoms with E-state index in [1.807, 2.05) is 12.1 Å². The summed E-state index contributed by atoms with van der Waals surface area (Å²) in [6, 6.07) is 7.21. The lowest BCUT2D eigenvalue weighted by Crippen LogP contribution is -2.34. The number of rotatable bonds is 5. The SMILES string of the molecule is COc1ccccc1C(=O)NCC1(CN)CC1. The zero-order valence-corrected chi connectivity index (χ0v) is 10.0. The minimum Gasteiger partial charge on any atom is -0.496 e. The largest absolute Gasteiger partial charge is 0.496 e. The maximum Gasteiger partial charge on any atom is 0.255 e. The van der Waals surface area contributed by atoms with E-state index in [2.05, 4.69) is 5.32 Å². The Balaban J connectivity index is 1.99. The van der Waals surface area contributed by atoms with Gasteiger partial charge in [0.2, 0.25) is 0 Å². The van der Waals surface area contributed by atoms with Crippen molar-refractivity contribution in [3.8, 4) is 5.75 Å². The topological polar surface area (TPSA) is 64.3 Å². The summed E-state index contributed by atoms with van der Waals surface area (Å²) in [5.74, 6) is 0.504. The van der Waals surface area contributed by atoms with E-state index in [1.54, 1.807) is 19.2 Å². The smallest absolute Gasteiger partial charge is 0.255 e. The summed E-state index contributed by atoms with van der Waals surface area (Å²) in [5, 5.41) is 2.93. The van der Waals surface area contributed by atoms with Gasteiger partial charge in [0.05, 0.1) is 12.7 Å². The van der Waals surface area contributed by atoms with E-state index in [1.165, 1.54) is 0 Å². The van der Waals surface area contributed by atoms with Crippen molar-refractivity contribution in [2.45, 2.75) is 12.8 Å². The Morgan fingerprint density at radius 3 is 2.76 bits per heavy atom. The van der Waals surface area contributed by atoms with Crippen molar-refractivity contribution in [3.63, 3.8) is 0 Å². The number of hydrogen-bond acceptors (Lipinski definition) is 3. The van der Waals surface area contributed by atoms with Crippen LogP contribution < -0.4 is 15.8 Å². The van der Waals surface area contributed by atoms with Gasteiger partial charge in [-0.3, -0.25) is 4.79 Å². The van der Waals surface area contributed by atoms with E-state index in [4.69, 9.17) is 10.5 Å². The van der Waals surface area contributed by atoms with Gasteiger partial charge in [-0.2, -0.15) is 0 Å². The van der Waals surface area contributed by atoms with Crippen LogP contribution in [0.2, 0.25) is 0 Å². The second-order valence-electron chi connectivity index (χ2n) is 4.59. The molecule has 0 aromatic heterocycles. The van der Waals surface area contributed by atoms with Crippen LogP contribution in [0, 0.1) is 5.41 Å². The van der Waals surface area contributed by atoms with Crippen LogP contribution in [-0.4, -0.2) is 26.1 Å². The van der Waals surface area contributed by atoms with Crippen molar-refractivity contribution >= 4 is 5.91 Å². The fourth-order valence-electron chi connectivity index (χ4n) is 1.83. The maximum absolute atomic E-state index is 12.0. The Hall–Kier alpha value is -1.55. The predicted octanol–water partition coefficient (Wildman–Crippen LogP) is 1.16. The third kappa shape index (κ3) is 2.58. The second-order valence-corrected chi connectivity index (χ2v) is 4.59. The number of methoxy groups -OCH3 is 1. The summed E-state index contributed by atoms with van der Waals surface area (Å²) in [5.41, 5.74) is 6.40. The molecule has 0 radical (unpaired) electrons. The highest BCUT2D eigenvalue weighted by Gasteiger charge is 2.41. The molecule has 0 atom stereocenters. The lowest BCUT2D eigenvalue weighted by Gasteiger charge is -2.14. The monoisotopic (exact) mass is 234 g/mol. The molecule has 1 aliphatic rings. The normalized spacial score (nSPS) is 16.4. The zero-order valence-electron chi connectivity index (χ0n) is 10.0. The average molecular weight is 234 g/mol. The molecule has 0 spiro atoms. The summed E-state index contributed by atoms with van der Waals surface area (Å²) in [4.78, 5) is 12.0. The second kappa shape index (κ2) is 4.75. The van der Waals surface area contributed by atoms with Crippen molar-refractivity contribution < 1.29 is 9.53 Å². The Kier molecular flexibility index (Phi) is 3.33. The highest BCUT2D eigenvalue weighted by Crippen LogP contribution is 2.43. The van der Waals surface area contributed by atoms with Gasteiger partial charge >= 0.3 is 0 Å². The number of para-hydroxylation sites is 1. The van der Waals surface area contributed by atoms with Gasteiger partial charge in [-0.15, -0.1) is 0 Å². The molecule has 2 rings (SSSR count). The van der Waals surface area contributed by atoms with E-state index >= 15 is 0 Å². The molecular formula is C13H18N2O2. The van der Waals surface area contributed by atoms with Crippen LogP contribution in [0.25, 0.3) is 0 Å². The van der Waals surface area contributed by atoms with Crippen LogP contribution >= 0.6 is 0 Å². The van der Waals surface area contributed by atoms with Crippen LogP contribution in [0.4, 0.5) is 0 Å². The fraction of sp³-hybridized carbons (Fsp3) is 0.462. The van der Waals surface area contributed by atoms with Crippen molar-refractivity contribution in [2.75, 3.05) is 20.2 Å². The van der Waals surface area contributed by atoms with Gasteiger partial charge in [-0.1, -0.05) is 12.1 Å². The van der Waals surface area contributed by atoms with Gasteiger partial charge < -0.3 is 15.8 Å². The quantitative estimate of drug-likeness (QED) is 0.803. The Morgan fingerprint density at radius 1 is 1.47 bits per heavy atom. The van der Waals surface area contributed by atoms with E-state index < -0.39 is 0 Å². The Morgan fingerprint density at radius 2 is 2.18 bits per heavy atom. The maximum atomic E-state index is 12.0. The first-order chi connectivity index (χ1) is 8.21. The average Bonchev–Trinajstić information content (AvgIpc) is 3.16. The molecular weight excluding hydrogens is 216 g/mol. The molecule has 0 heterocycles. The van der Waals surface area contributed by atoms with Crippen molar-refractivity contribution in [3.05, 3.63) is 29.8 Å². The van der Waals surface area contributed by atoms with Crippen LogP contribution in [0.3, 0.4) is 0 Å². The predicted molar refractivity (Wildman–Crippen MR) is 66.0 cm³/mol. The Labute approximate surface area is 101 Å². The summed E-state index contributed by atoms with van der Waals surface area (Å²) in [7, 11) is 1.56. The van der Waals surface area contributed by atoms with E-state index in [0.717, 1.165) is 12.8 Å². The van der Waals surface area contributed by atoms with Crippen molar-refractivity contribution in [2.24, 2.45) is 11.1 Å². The molecule has 3 N–H and O–H groups in total. The molecule has 1 fully saturated rings. The summed E-state index contributed by atoms with van der Waals surface area (Å²) in [6.07, 6.45) is 2.21. The number of carbonyl (C=O) groups excluding carboxylic acids is 1. The molecule has 1 amide bonds. The van der Waals surface area contributed by atoms with E-state index in [0.29, 0.717) is 24.4 Å². The van der Waals surface area contributed by atoms with Crippen LogP contribution in [-0.2, 0) is 0 Å². The molecule has 17 heavy (non-hydrogen) atoms. The number of nitrogens with two attached hydrogens (primary N) is 1. The highest BCUT2D eigenvalue weighted by molar-refractivity contribution is 5.96. The van der Waals surface area contributed by atoms with Crippen molar-refractivity contribution in [1.29, 1.82) is 0 Å². The lowest BCUT2D eigenvalue weighted by atomic mass is 10.1. The number of ether oxygens (including phenoxy) is 1. The molecule has 4 nitrogen and oxygen atoms in total.